The van der Waals surface area contributed by atoms with E-state index in [0.717, 1.165) is 18.4 Å². The number of benzene rings is 2. The molecular formula is C30H39BrFN3O5. The molecule has 1 N–H and O–H groups in total. The Morgan fingerprint density at radius 2 is 1.77 bits per heavy atom. The Kier molecular flexibility index (Phi) is 9.87. The molecule has 2 aromatic rings. The Labute approximate surface area is 246 Å². The zero-order valence-corrected chi connectivity index (χ0v) is 25.8. The van der Waals surface area contributed by atoms with Crippen molar-refractivity contribution in [2.75, 3.05) is 38.3 Å². The number of hydrogen-bond acceptors (Lipinski definition) is 6. The average Bonchev–Trinajstić information content (AvgIpc) is 3.20. The Hall–Kier alpha value is -3.14. The van der Waals surface area contributed by atoms with Gasteiger partial charge in [-0.1, -0.05) is 20.8 Å². The highest BCUT2D eigenvalue weighted by atomic mass is 79.9. The van der Waals surface area contributed by atoms with Gasteiger partial charge < -0.3 is 24.0 Å². The number of carbonyl (C=O) groups is 2. The van der Waals surface area contributed by atoms with E-state index in [0.29, 0.717) is 42.1 Å². The highest BCUT2D eigenvalue weighted by Crippen LogP contribution is 2.42. The molecular weight excluding hydrogens is 581 g/mol. The fourth-order valence-electron chi connectivity index (χ4n) is 5.23. The summed E-state index contributed by atoms with van der Waals surface area (Å²) in [6, 6.07) is 5.22. The zero-order chi connectivity index (χ0) is 28.5. The third kappa shape index (κ3) is 5.96. The predicted octanol–water partition coefficient (Wildman–Crippen LogP) is 6.05. The molecule has 2 aliphatic heterocycles. The number of ether oxygens (including phenoxy) is 3. The lowest BCUT2D eigenvalue weighted by Crippen LogP contribution is -2.36. The van der Waals surface area contributed by atoms with Crippen LogP contribution in [0, 0.1) is 11.2 Å². The second kappa shape index (κ2) is 12.6. The van der Waals surface area contributed by atoms with E-state index in [9.17, 15) is 9.59 Å². The first-order chi connectivity index (χ1) is 18.5. The van der Waals surface area contributed by atoms with Crippen LogP contribution in [0.5, 0.6) is 17.2 Å². The molecule has 0 aromatic heterocycles. The molecule has 0 spiro atoms. The van der Waals surface area contributed by atoms with Crippen LogP contribution in [0.25, 0.3) is 0 Å². The lowest BCUT2D eigenvalue weighted by Gasteiger charge is -2.32. The van der Waals surface area contributed by atoms with Gasteiger partial charge in [0.25, 0.3) is 0 Å². The fraction of sp³-hybridized carbons (Fsp3) is 0.500. The molecule has 1 amide bonds. The van der Waals surface area contributed by atoms with E-state index in [1.165, 1.54) is 0 Å². The van der Waals surface area contributed by atoms with Gasteiger partial charge >= 0.3 is 0 Å². The number of ketones is 1. The summed E-state index contributed by atoms with van der Waals surface area (Å²) in [4.78, 5) is 29.8. The predicted molar refractivity (Wildman–Crippen MR) is 159 cm³/mol. The topological polar surface area (TPSA) is 92.2 Å². The lowest BCUT2D eigenvalue weighted by atomic mass is 9.84. The largest absolute Gasteiger partial charge is 0.494 e. The molecule has 0 atom stereocenters. The number of amidine groups is 1. The normalized spacial score (nSPS) is 15.1. The number of piperidine rings is 1. The number of halogens is 2. The van der Waals surface area contributed by atoms with Gasteiger partial charge in [-0.15, -0.1) is 17.0 Å². The number of methoxy groups -OCH3 is 1. The number of fused-ring (bicyclic) bond motifs is 1. The first-order valence-electron chi connectivity index (χ1n) is 13.5. The molecule has 2 aliphatic rings. The van der Waals surface area contributed by atoms with E-state index in [1.807, 2.05) is 26.8 Å². The Bertz CT molecular complexity index is 1310. The molecule has 4 rings (SSSR count). The number of nitrogens with one attached hydrogen (secondary N) is 1. The van der Waals surface area contributed by atoms with Crippen LogP contribution >= 0.6 is 17.0 Å². The van der Waals surface area contributed by atoms with Crippen LogP contribution in [0.4, 0.5) is 10.1 Å². The highest BCUT2D eigenvalue weighted by Gasteiger charge is 2.34. The maximum atomic E-state index is 15.5. The van der Waals surface area contributed by atoms with E-state index >= 15 is 4.39 Å². The summed E-state index contributed by atoms with van der Waals surface area (Å²) < 4.78 is 32.4. The zero-order valence-electron chi connectivity index (χ0n) is 24.1. The molecule has 40 heavy (non-hydrogen) atoms. The minimum absolute atomic E-state index is 0. The molecule has 2 heterocycles. The molecule has 10 heteroatoms. The third-order valence-electron chi connectivity index (χ3n) is 7.12. The number of anilines is 1. The van der Waals surface area contributed by atoms with Crippen LogP contribution in [-0.4, -0.2) is 55.8 Å². The van der Waals surface area contributed by atoms with Gasteiger partial charge in [-0.05, 0) is 55.9 Å². The van der Waals surface area contributed by atoms with Crippen LogP contribution in [0.3, 0.4) is 0 Å². The number of rotatable bonds is 9. The van der Waals surface area contributed by atoms with Crippen LogP contribution in [0.15, 0.2) is 18.2 Å². The Morgan fingerprint density at radius 3 is 2.38 bits per heavy atom. The van der Waals surface area contributed by atoms with E-state index in [-0.39, 0.29) is 76.7 Å². The fourth-order valence-corrected chi connectivity index (χ4v) is 5.23. The van der Waals surface area contributed by atoms with Gasteiger partial charge in [-0.3, -0.25) is 15.0 Å². The van der Waals surface area contributed by atoms with Crippen LogP contribution in [0.2, 0.25) is 0 Å². The summed E-state index contributed by atoms with van der Waals surface area (Å²) in [6.07, 6.45) is 2.17. The molecule has 2 aromatic carbocycles. The number of carbonyl (C=O) groups excluding carboxylic acids is 2. The van der Waals surface area contributed by atoms with Crippen molar-refractivity contribution < 1.29 is 28.2 Å². The first-order valence-corrected chi connectivity index (χ1v) is 13.5. The summed E-state index contributed by atoms with van der Waals surface area (Å²) >= 11 is 0. The second-order valence-corrected chi connectivity index (χ2v) is 10.9. The van der Waals surface area contributed by atoms with E-state index in [4.69, 9.17) is 19.6 Å². The maximum Gasteiger partial charge on any atom is 0.227 e. The third-order valence-corrected chi connectivity index (χ3v) is 7.12. The van der Waals surface area contributed by atoms with E-state index < -0.39 is 5.82 Å². The van der Waals surface area contributed by atoms with Crippen LogP contribution < -0.4 is 19.1 Å². The van der Waals surface area contributed by atoms with Gasteiger partial charge in [-0.25, -0.2) is 4.39 Å². The molecule has 1 fully saturated rings. The lowest BCUT2D eigenvalue weighted by molar-refractivity contribution is -0.119. The van der Waals surface area contributed by atoms with Crippen molar-refractivity contribution in [2.24, 2.45) is 0 Å². The van der Waals surface area contributed by atoms with Crippen LogP contribution in [-0.2, 0) is 16.8 Å². The SMILES string of the molecule is Br.CCOc1cc2c(c(F)c1OCC)C(=N)N(CC(=O)c1cc(N3CCCCC3=O)c(OC)c(C(C)(C)C)c1)C2. The Morgan fingerprint density at radius 1 is 1.07 bits per heavy atom. The Balaban J connectivity index is 0.00000441. The van der Waals surface area contributed by atoms with Crippen molar-refractivity contribution in [1.29, 1.82) is 5.41 Å². The number of amides is 1. The van der Waals surface area contributed by atoms with Crippen LogP contribution in [0.1, 0.15) is 80.9 Å². The smallest absolute Gasteiger partial charge is 0.227 e. The van der Waals surface area contributed by atoms with Crippen molar-refractivity contribution >= 4 is 40.2 Å². The van der Waals surface area contributed by atoms with Crippen molar-refractivity contribution in [2.45, 2.75) is 65.8 Å². The van der Waals surface area contributed by atoms with Crippen molar-refractivity contribution in [1.82, 2.24) is 4.90 Å². The highest BCUT2D eigenvalue weighted by molar-refractivity contribution is 8.93. The molecule has 0 bridgehead atoms. The summed E-state index contributed by atoms with van der Waals surface area (Å²) in [5.74, 6) is -0.0915. The van der Waals surface area contributed by atoms with Gasteiger partial charge in [0.2, 0.25) is 5.91 Å². The number of hydrogen-bond donors (Lipinski definition) is 1. The van der Waals surface area contributed by atoms with Gasteiger partial charge in [0.15, 0.2) is 23.1 Å². The molecule has 0 radical (unpaired) electrons. The molecule has 0 saturated carbocycles. The summed E-state index contributed by atoms with van der Waals surface area (Å²) in [5.41, 5.74) is 2.16. The summed E-state index contributed by atoms with van der Waals surface area (Å²) in [6.45, 7) is 10.9. The first kappa shape index (κ1) is 31.4. The average molecular weight is 621 g/mol. The van der Waals surface area contributed by atoms with Gasteiger partial charge in [-0.2, -0.15) is 0 Å². The number of Topliss-reactive ketones (excluding diaryl/α,β-unsaturated/α-hetero) is 1. The van der Waals surface area contributed by atoms with Gasteiger partial charge in [0.05, 0.1) is 38.1 Å². The van der Waals surface area contributed by atoms with Crippen molar-refractivity contribution in [3.8, 4) is 17.2 Å². The minimum atomic E-state index is -0.650. The quantitative estimate of drug-likeness (QED) is 0.344. The summed E-state index contributed by atoms with van der Waals surface area (Å²) in [7, 11) is 1.58. The molecule has 8 nitrogen and oxygen atoms in total. The second-order valence-electron chi connectivity index (χ2n) is 10.9. The van der Waals surface area contributed by atoms with Gasteiger partial charge in [0, 0.05) is 30.6 Å². The van der Waals surface area contributed by atoms with E-state index in [2.05, 4.69) is 0 Å². The van der Waals surface area contributed by atoms with Crippen molar-refractivity contribution in [3.63, 3.8) is 0 Å². The molecule has 218 valence electrons. The standard InChI is InChI=1S/C30H38FN3O5.BrH/c1-7-38-23-15-19-16-33(29(32)25(19)26(31)28(23)39-8-2)17-22(35)18-13-20(30(3,4)5)27(37-6)21(14-18)34-12-10-9-11-24(34)36;/h13-15,32H,7-12,16-17H2,1-6H3;1H. The summed E-state index contributed by atoms with van der Waals surface area (Å²) in [5, 5.41) is 8.68. The monoisotopic (exact) mass is 619 g/mol. The molecule has 0 aliphatic carbocycles. The minimum Gasteiger partial charge on any atom is -0.494 e. The van der Waals surface area contributed by atoms with Gasteiger partial charge in [0.1, 0.15) is 11.6 Å². The van der Waals surface area contributed by atoms with E-state index in [1.54, 1.807) is 42.9 Å². The maximum absolute atomic E-state index is 15.5. The number of nitrogens with zero attached hydrogens (tertiary/aromatic N) is 2. The molecule has 1 saturated heterocycles. The molecule has 0 unspecified atom stereocenters. The van der Waals surface area contributed by atoms with Crippen molar-refractivity contribution in [3.05, 3.63) is 46.3 Å².